The lowest BCUT2D eigenvalue weighted by molar-refractivity contribution is -0.133. The van der Waals surface area contributed by atoms with Crippen molar-refractivity contribution in [1.82, 2.24) is 0 Å². The summed E-state index contributed by atoms with van der Waals surface area (Å²) in [5.74, 6) is -0.240. The molecule has 94 valence electrons. The van der Waals surface area contributed by atoms with E-state index in [2.05, 4.69) is 21.2 Å². The average molecular weight is 304 g/mol. The second kappa shape index (κ2) is 5.80. The standard InChI is InChI=1S/C12H15BrFNO2/c1-8-4-11(14)10(13)5-12(8)15-6-9-2-3-16-7-17-9/h4-5,9,15H,2-3,6-7H2,1H3. The van der Waals surface area contributed by atoms with Crippen LogP contribution in [0.2, 0.25) is 0 Å². The van der Waals surface area contributed by atoms with Crippen molar-refractivity contribution in [3.05, 3.63) is 28.0 Å². The Bertz CT molecular complexity index is 394. The molecule has 0 spiro atoms. The summed E-state index contributed by atoms with van der Waals surface area (Å²) in [7, 11) is 0. The van der Waals surface area contributed by atoms with Gasteiger partial charge in [-0.1, -0.05) is 0 Å². The molecule has 1 aliphatic heterocycles. The number of ether oxygens (including phenoxy) is 2. The summed E-state index contributed by atoms with van der Waals surface area (Å²) in [6.45, 7) is 3.68. The Balaban J connectivity index is 1.96. The van der Waals surface area contributed by atoms with Crippen LogP contribution in [0.1, 0.15) is 12.0 Å². The predicted octanol–water partition coefficient (Wildman–Crippen LogP) is 3.07. The van der Waals surface area contributed by atoms with Crippen molar-refractivity contribution in [2.75, 3.05) is 25.3 Å². The first-order valence-electron chi connectivity index (χ1n) is 5.55. The van der Waals surface area contributed by atoms with Crippen LogP contribution in [0.3, 0.4) is 0 Å². The van der Waals surface area contributed by atoms with E-state index in [9.17, 15) is 4.39 Å². The van der Waals surface area contributed by atoms with E-state index in [-0.39, 0.29) is 11.9 Å². The highest BCUT2D eigenvalue weighted by Crippen LogP contribution is 2.24. The molecule has 1 aromatic rings. The summed E-state index contributed by atoms with van der Waals surface area (Å²) in [6.07, 6.45) is 1.04. The minimum atomic E-state index is -0.240. The first kappa shape index (κ1) is 12.8. The molecule has 1 fully saturated rings. The third kappa shape index (κ3) is 3.40. The Hall–Kier alpha value is -0.650. The van der Waals surface area contributed by atoms with Gasteiger partial charge in [-0.2, -0.15) is 0 Å². The minimum Gasteiger partial charge on any atom is -0.382 e. The number of rotatable bonds is 3. The van der Waals surface area contributed by atoms with Gasteiger partial charge < -0.3 is 14.8 Å². The molecule has 0 aliphatic carbocycles. The fraction of sp³-hybridized carbons (Fsp3) is 0.500. The number of benzene rings is 1. The van der Waals surface area contributed by atoms with Crippen LogP contribution in [-0.2, 0) is 9.47 Å². The van der Waals surface area contributed by atoms with Crippen LogP contribution in [0.15, 0.2) is 16.6 Å². The molecular weight excluding hydrogens is 289 g/mol. The molecule has 0 radical (unpaired) electrons. The predicted molar refractivity (Wildman–Crippen MR) is 67.6 cm³/mol. The maximum absolute atomic E-state index is 13.2. The van der Waals surface area contributed by atoms with Gasteiger partial charge in [-0.3, -0.25) is 0 Å². The van der Waals surface area contributed by atoms with Crippen LogP contribution in [0.25, 0.3) is 0 Å². The summed E-state index contributed by atoms with van der Waals surface area (Å²) in [5.41, 5.74) is 1.81. The highest BCUT2D eigenvalue weighted by molar-refractivity contribution is 9.10. The minimum absolute atomic E-state index is 0.159. The topological polar surface area (TPSA) is 30.5 Å². The van der Waals surface area contributed by atoms with E-state index < -0.39 is 0 Å². The molecule has 1 atom stereocenters. The zero-order valence-corrected chi connectivity index (χ0v) is 11.2. The molecule has 5 heteroatoms. The van der Waals surface area contributed by atoms with E-state index in [4.69, 9.17) is 9.47 Å². The number of aryl methyl sites for hydroxylation is 1. The number of anilines is 1. The van der Waals surface area contributed by atoms with Crippen molar-refractivity contribution in [3.63, 3.8) is 0 Å². The SMILES string of the molecule is Cc1cc(F)c(Br)cc1NCC1CCOCO1. The number of halogens is 2. The van der Waals surface area contributed by atoms with Crippen molar-refractivity contribution in [2.24, 2.45) is 0 Å². The second-order valence-corrected chi connectivity index (χ2v) is 4.92. The van der Waals surface area contributed by atoms with Crippen LogP contribution in [0.4, 0.5) is 10.1 Å². The van der Waals surface area contributed by atoms with Crippen molar-refractivity contribution in [2.45, 2.75) is 19.4 Å². The van der Waals surface area contributed by atoms with Gasteiger partial charge in [-0.25, -0.2) is 4.39 Å². The van der Waals surface area contributed by atoms with E-state index in [0.29, 0.717) is 17.8 Å². The highest BCUT2D eigenvalue weighted by atomic mass is 79.9. The van der Waals surface area contributed by atoms with Gasteiger partial charge in [0.15, 0.2) is 0 Å². The van der Waals surface area contributed by atoms with Gasteiger partial charge in [0.05, 0.1) is 17.2 Å². The summed E-state index contributed by atoms with van der Waals surface area (Å²) in [5, 5.41) is 3.27. The Kier molecular flexibility index (Phi) is 4.36. The lowest BCUT2D eigenvalue weighted by Crippen LogP contribution is -2.30. The second-order valence-electron chi connectivity index (χ2n) is 4.07. The zero-order valence-electron chi connectivity index (χ0n) is 9.63. The van der Waals surface area contributed by atoms with Gasteiger partial charge in [0.2, 0.25) is 0 Å². The van der Waals surface area contributed by atoms with Crippen LogP contribution in [0, 0.1) is 12.7 Å². The maximum Gasteiger partial charge on any atom is 0.147 e. The van der Waals surface area contributed by atoms with E-state index in [1.165, 1.54) is 6.07 Å². The molecule has 0 saturated carbocycles. The highest BCUT2D eigenvalue weighted by Gasteiger charge is 2.14. The summed E-state index contributed by atoms with van der Waals surface area (Å²) in [6, 6.07) is 3.27. The van der Waals surface area contributed by atoms with Crippen molar-refractivity contribution < 1.29 is 13.9 Å². The van der Waals surface area contributed by atoms with Crippen molar-refractivity contribution in [3.8, 4) is 0 Å². The van der Waals surface area contributed by atoms with Crippen LogP contribution >= 0.6 is 15.9 Å². The molecule has 0 amide bonds. The molecular formula is C12H15BrFNO2. The number of hydrogen-bond acceptors (Lipinski definition) is 3. The molecule has 3 nitrogen and oxygen atoms in total. The Morgan fingerprint density at radius 1 is 1.53 bits per heavy atom. The van der Waals surface area contributed by atoms with Crippen molar-refractivity contribution >= 4 is 21.6 Å². The fourth-order valence-electron chi connectivity index (χ4n) is 1.72. The van der Waals surface area contributed by atoms with E-state index in [1.807, 2.05) is 6.92 Å². The first-order chi connectivity index (χ1) is 8.16. The van der Waals surface area contributed by atoms with Gasteiger partial charge in [0.25, 0.3) is 0 Å². The summed E-state index contributed by atoms with van der Waals surface area (Å²) < 4.78 is 24.2. The van der Waals surface area contributed by atoms with Crippen LogP contribution in [-0.4, -0.2) is 26.0 Å². The third-order valence-electron chi connectivity index (χ3n) is 2.76. The van der Waals surface area contributed by atoms with Crippen LogP contribution in [0.5, 0.6) is 0 Å². The monoisotopic (exact) mass is 303 g/mol. The number of hydrogen-bond donors (Lipinski definition) is 1. The molecule has 2 rings (SSSR count). The van der Waals surface area contributed by atoms with Gasteiger partial charge in [-0.05, 0) is 47.0 Å². The Labute approximate surface area is 108 Å². The van der Waals surface area contributed by atoms with E-state index >= 15 is 0 Å². The quantitative estimate of drug-likeness (QED) is 0.931. The fourth-order valence-corrected chi connectivity index (χ4v) is 2.07. The third-order valence-corrected chi connectivity index (χ3v) is 3.37. The Morgan fingerprint density at radius 2 is 2.35 bits per heavy atom. The Morgan fingerprint density at radius 3 is 3.06 bits per heavy atom. The van der Waals surface area contributed by atoms with Gasteiger partial charge >= 0.3 is 0 Å². The largest absolute Gasteiger partial charge is 0.382 e. The van der Waals surface area contributed by atoms with Crippen LogP contribution < -0.4 is 5.32 Å². The molecule has 17 heavy (non-hydrogen) atoms. The van der Waals surface area contributed by atoms with Gasteiger partial charge in [-0.15, -0.1) is 0 Å². The van der Waals surface area contributed by atoms with Gasteiger partial charge in [0.1, 0.15) is 12.6 Å². The average Bonchev–Trinajstić information content (AvgIpc) is 2.33. The maximum atomic E-state index is 13.2. The first-order valence-corrected chi connectivity index (χ1v) is 6.35. The molecule has 1 saturated heterocycles. The molecule has 0 aromatic heterocycles. The number of nitrogens with one attached hydrogen (secondary N) is 1. The lowest BCUT2D eigenvalue weighted by Gasteiger charge is -2.23. The summed E-state index contributed by atoms with van der Waals surface area (Å²) >= 11 is 3.18. The van der Waals surface area contributed by atoms with E-state index in [0.717, 1.165) is 24.3 Å². The molecule has 1 aliphatic rings. The molecule has 1 aromatic carbocycles. The molecule has 1 N–H and O–H groups in total. The zero-order chi connectivity index (χ0) is 12.3. The van der Waals surface area contributed by atoms with E-state index in [1.54, 1.807) is 6.07 Å². The van der Waals surface area contributed by atoms with Crippen molar-refractivity contribution in [1.29, 1.82) is 0 Å². The molecule has 0 bridgehead atoms. The van der Waals surface area contributed by atoms with Gasteiger partial charge in [0, 0.05) is 12.2 Å². The molecule has 1 heterocycles. The normalized spacial score (nSPS) is 20.3. The summed E-state index contributed by atoms with van der Waals surface area (Å²) in [4.78, 5) is 0. The lowest BCUT2D eigenvalue weighted by atomic mass is 10.2. The molecule has 1 unspecified atom stereocenters. The smallest absolute Gasteiger partial charge is 0.147 e.